The fourth-order valence-corrected chi connectivity index (χ4v) is 2.60. The van der Waals surface area contributed by atoms with Crippen LogP contribution >= 0.6 is 0 Å². The molecule has 1 amide bonds. The van der Waals surface area contributed by atoms with Crippen LogP contribution in [-0.4, -0.2) is 31.8 Å². The van der Waals surface area contributed by atoms with Crippen molar-refractivity contribution in [2.24, 2.45) is 0 Å². The van der Waals surface area contributed by atoms with Crippen LogP contribution in [0.25, 0.3) is 0 Å². The zero-order valence-electron chi connectivity index (χ0n) is 14.6. The summed E-state index contributed by atoms with van der Waals surface area (Å²) in [6.07, 6.45) is 3.57. The lowest BCUT2D eigenvalue weighted by Gasteiger charge is -2.19. The van der Waals surface area contributed by atoms with Gasteiger partial charge in [0.1, 0.15) is 5.75 Å². The summed E-state index contributed by atoms with van der Waals surface area (Å²) in [4.78, 5) is 11.7. The van der Waals surface area contributed by atoms with E-state index in [-0.39, 0.29) is 17.4 Å². The Morgan fingerprint density at radius 1 is 1.30 bits per heavy atom. The van der Waals surface area contributed by atoms with Crippen molar-refractivity contribution in [2.75, 3.05) is 19.8 Å². The Hall–Kier alpha value is -1.55. The van der Waals surface area contributed by atoms with Gasteiger partial charge in [-0.3, -0.25) is 4.79 Å². The van der Waals surface area contributed by atoms with Gasteiger partial charge >= 0.3 is 0 Å². The number of carbonyl (C=O) groups excluding carboxylic acids is 1. The van der Waals surface area contributed by atoms with Crippen molar-refractivity contribution in [3.05, 3.63) is 29.8 Å². The highest BCUT2D eigenvalue weighted by Crippen LogP contribution is 2.24. The topological polar surface area (TPSA) is 47.6 Å². The average molecular weight is 319 g/mol. The van der Waals surface area contributed by atoms with E-state index >= 15 is 0 Å². The summed E-state index contributed by atoms with van der Waals surface area (Å²) < 4.78 is 11.2. The predicted molar refractivity (Wildman–Crippen MR) is 91.9 cm³/mol. The second-order valence-electron chi connectivity index (χ2n) is 7.17. The standard InChI is InChI=1S/C19H29NO3/c1-19(2,3)15-8-10-16(11-9-15)22-13-5-7-18(21)20-14-17-6-4-12-23-17/h8-11,17H,4-7,12-14H2,1-3H3,(H,20,21). The first-order chi connectivity index (χ1) is 10.9. The molecule has 23 heavy (non-hydrogen) atoms. The number of carbonyl (C=O) groups is 1. The van der Waals surface area contributed by atoms with Crippen LogP contribution in [0.15, 0.2) is 24.3 Å². The molecule has 0 bridgehead atoms. The number of hydrogen-bond donors (Lipinski definition) is 1. The van der Waals surface area contributed by atoms with Crippen LogP contribution in [0.1, 0.15) is 52.0 Å². The van der Waals surface area contributed by atoms with Gasteiger partial charge in [-0.15, -0.1) is 0 Å². The summed E-state index contributed by atoms with van der Waals surface area (Å²) in [5.41, 5.74) is 1.44. The maximum absolute atomic E-state index is 11.7. The first-order valence-corrected chi connectivity index (χ1v) is 8.57. The van der Waals surface area contributed by atoms with E-state index in [1.165, 1.54) is 5.56 Å². The van der Waals surface area contributed by atoms with Crippen molar-refractivity contribution < 1.29 is 14.3 Å². The van der Waals surface area contributed by atoms with Gasteiger partial charge in [0.25, 0.3) is 0 Å². The number of hydrogen-bond acceptors (Lipinski definition) is 3. The minimum Gasteiger partial charge on any atom is -0.494 e. The third kappa shape index (κ3) is 6.22. The Balaban J connectivity index is 1.60. The predicted octanol–water partition coefficient (Wildman–Crippen LogP) is 3.44. The zero-order chi connectivity index (χ0) is 16.7. The summed E-state index contributed by atoms with van der Waals surface area (Å²) >= 11 is 0. The largest absolute Gasteiger partial charge is 0.494 e. The molecule has 4 nitrogen and oxygen atoms in total. The molecule has 1 aromatic carbocycles. The lowest BCUT2D eigenvalue weighted by Crippen LogP contribution is -2.31. The zero-order valence-corrected chi connectivity index (χ0v) is 14.6. The van der Waals surface area contributed by atoms with E-state index < -0.39 is 0 Å². The van der Waals surface area contributed by atoms with Crippen LogP contribution in [0.3, 0.4) is 0 Å². The van der Waals surface area contributed by atoms with Gasteiger partial charge in [0.15, 0.2) is 0 Å². The molecule has 1 fully saturated rings. The quantitative estimate of drug-likeness (QED) is 0.783. The molecule has 0 aromatic heterocycles. The van der Waals surface area contributed by atoms with Crippen molar-refractivity contribution in [1.29, 1.82) is 0 Å². The Morgan fingerprint density at radius 3 is 2.65 bits per heavy atom. The Morgan fingerprint density at radius 2 is 2.04 bits per heavy atom. The summed E-state index contributed by atoms with van der Waals surface area (Å²) in [6.45, 7) is 8.59. The maximum atomic E-state index is 11.7. The summed E-state index contributed by atoms with van der Waals surface area (Å²) in [5.74, 6) is 0.935. The Kier molecular flexibility index (Phi) is 6.46. The molecule has 1 aromatic rings. The van der Waals surface area contributed by atoms with Crippen molar-refractivity contribution in [3.8, 4) is 5.75 Å². The van der Waals surface area contributed by atoms with Crippen molar-refractivity contribution >= 4 is 5.91 Å². The average Bonchev–Trinajstić information content (AvgIpc) is 3.02. The number of amides is 1. The van der Waals surface area contributed by atoms with Gasteiger partial charge in [-0.1, -0.05) is 32.9 Å². The van der Waals surface area contributed by atoms with Crippen LogP contribution in [-0.2, 0) is 14.9 Å². The van der Waals surface area contributed by atoms with E-state index in [1.807, 2.05) is 12.1 Å². The monoisotopic (exact) mass is 319 g/mol. The van der Waals surface area contributed by atoms with Crippen LogP contribution in [0, 0.1) is 0 Å². The molecule has 1 N–H and O–H groups in total. The highest BCUT2D eigenvalue weighted by atomic mass is 16.5. The van der Waals surface area contributed by atoms with E-state index in [9.17, 15) is 4.79 Å². The number of ether oxygens (including phenoxy) is 2. The number of rotatable bonds is 7. The first-order valence-electron chi connectivity index (χ1n) is 8.57. The number of nitrogens with one attached hydrogen (secondary N) is 1. The maximum Gasteiger partial charge on any atom is 0.220 e. The third-order valence-electron chi connectivity index (χ3n) is 4.09. The SMILES string of the molecule is CC(C)(C)c1ccc(OCCCC(=O)NCC2CCCO2)cc1. The summed E-state index contributed by atoms with van der Waals surface area (Å²) in [6, 6.07) is 8.20. The fourth-order valence-electron chi connectivity index (χ4n) is 2.60. The van der Waals surface area contributed by atoms with Crippen LogP contribution in [0.4, 0.5) is 0 Å². The minimum absolute atomic E-state index is 0.0761. The van der Waals surface area contributed by atoms with Crippen molar-refractivity contribution in [3.63, 3.8) is 0 Å². The molecule has 1 atom stereocenters. The molecule has 1 aliphatic heterocycles. The normalized spacial score (nSPS) is 18.0. The van der Waals surface area contributed by atoms with E-state index in [4.69, 9.17) is 9.47 Å². The molecule has 0 saturated carbocycles. The Labute approximate surface area is 139 Å². The second-order valence-corrected chi connectivity index (χ2v) is 7.17. The van der Waals surface area contributed by atoms with Crippen LogP contribution in [0.5, 0.6) is 5.75 Å². The molecule has 1 saturated heterocycles. The molecule has 2 rings (SSSR count). The van der Waals surface area contributed by atoms with Gasteiger partial charge in [-0.25, -0.2) is 0 Å². The van der Waals surface area contributed by atoms with Gasteiger partial charge in [-0.2, -0.15) is 0 Å². The van der Waals surface area contributed by atoms with E-state index in [0.717, 1.165) is 31.6 Å². The lowest BCUT2D eigenvalue weighted by molar-refractivity contribution is -0.121. The van der Waals surface area contributed by atoms with Gasteiger partial charge in [0, 0.05) is 19.6 Å². The molecule has 1 unspecified atom stereocenters. The smallest absolute Gasteiger partial charge is 0.220 e. The molecule has 1 heterocycles. The van der Waals surface area contributed by atoms with Gasteiger partial charge in [0.2, 0.25) is 5.91 Å². The van der Waals surface area contributed by atoms with Gasteiger partial charge in [-0.05, 0) is 42.4 Å². The molecule has 0 radical (unpaired) electrons. The van der Waals surface area contributed by atoms with E-state index in [1.54, 1.807) is 0 Å². The molecular formula is C19H29NO3. The highest BCUT2D eigenvalue weighted by Gasteiger charge is 2.16. The minimum atomic E-state index is 0.0761. The van der Waals surface area contributed by atoms with E-state index in [2.05, 4.69) is 38.2 Å². The van der Waals surface area contributed by atoms with Crippen LogP contribution in [0.2, 0.25) is 0 Å². The molecule has 0 aliphatic carbocycles. The van der Waals surface area contributed by atoms with E-state index in [0.29, 0.717) is 19.6 Å². The van der Waals surface area contributed by atoms with Crippen molar-refractivity contribution in [2.45, 2.75) is 58.0 Å². The molecular weight excluding hydrogens is 290 g/mol. The molecule has 1 aliphatic rings. The third-order valence-corrected chi connectivity index (χ3v) is 4.09. The second kappa shape index (κ2) is 8.34. The van der Waals surface area contributed by atoms with Gasteiger partial charge < -0.3 is 14.8 Å². The lowest BCUT2D eigenvalue weighted by atomic mass is 9.87. The van der Waals surface area contributed by atoms with Crippen molar-refractivity contribution in [1.82, 2.24) is 5.32 Å². The molecule has 128 valence electrons. The number of benzene rings is 1. The first kappa shape index (κ1) is 17.8. The highest BCUT2D eigenvalue weighted by molar-refractivity contribution is 5.75. The summed E-state index contributed by atoms with van der Waals surface area (Å²) in [7, 11) is 0. The van der Waals surface area contributed by atoms with Gasteiger partial charge in [0.05, 0.1) is 12.7 Å². The molecule has 0 spiro atoms. The summed E-state index contributed by atoms with van der Waals surface area (Å²) in [5, 5.41) is 2.93. The fraction of sp³-hybridized carbons (Fsp3) is 0.632. The Bertz CT molecular complexity index is 484. The van der Waals surface area contributed by atoms with Crippen LogP contribution < -0.4 is 10.1 Å². The molecule has 4 heteroatoms.